The van der Waals surface area contributed by atoms with Crippen LogP contribution in [-0.4, -0.2) is 36.0 Å². The van der Waals surface area contributed by atoms with Crippen molar-refractivity contribution in [3.63, 3.8) is 0 Å². The van der Waals surface area contributed by atoms with Gasteiger partial charge in [-0.15, -0.1) is 13.2 Å². The van der Waals surface area contributed by atoms with Gasteiger partial charge < -0.3 is 9.47 Å². The van der Waals surface area contributed by atoms with Gasteiger partial charge in [-0.25, -0.2) is 0 Å². The van der Waals surface area contributed by atoms with E-state index in [2.05, 4.69) is 42.3 Å². The molecular weight excluding hydrogens is 262 g/mol. The van der Waals surface area contributed by atoms with Crippen LogP contribution >= 0.6 is 0 Å². The molecule has 0 bridgehead atoms. The molecule has 0 amide bonds. The molecule has 1 aliphatic rings. The SMILES string of the molecule is C=CCN(Cc1ccccc1)[C@@H](C=C)[C@H]1COC(C)(C)O1. The van der Waals surface area contributed by atoms with Gasteiger partial charge in [-0.2, -0.15) is 0 Å². The fraction of sp³-hybridized carbons (Fsp3) is 0.444. The molecule has 2 atom stereocenters. The van der Waals surface area contributed by atoms with Crippen molar-refractivity contribution in [2.45, 2.75) is 38.3 Å². The predicted octanol–water partition coefficient (Wildman–Crippen LogP) is 3.38. The Balaban J connectivity index is 2.11. The summed E-state index contributed by atoms with van der Waals surface area (Å²) in [5.74, 6) is -0.515. The predicted molar refractivity (Wildman–Crippen MR) is 85.9 cm³/mol. The summed E-state index contributed by atoms with van der Waals surface area (Å²) in [6.07, 6.45) is 3.86. The fourth-order valence-electron chi connectivity index (χ4n) is 2.70. The fourth-order valence-corrected chi connectivity index (χ4v) is 2.70. The number of nitrogens with zero attached hydrogens (tertiary/aromatic N) is 1. The summed E-state index contributed by atoms with van der Waals surface area (Å²) in [5, 5.41) is 0. The van der Waals surface area contributed by atoms with Crippen LogP contribution in [0.25, 0.3) is 0 Å². The number of hydrogen-bond acceptors (Lipinski definition) is 3. The van der Waals surface area contributed by atoms with Crippen molar-refractivity contribution in [3.8, 4) is 0 Å². The third kappa shape index (κ3) is 4.27. The Morgan fingerprint density at radius 2 is 2.05 bits per heavy atom. The number of ether oxygens (including phenoxy) is 2. The summed E-state index contributed by atoms with van der Waals surface area (Å²) >= 11 is 0. The van der Waals surface area contributed by atoms with E-state index in [9.17, 15) is 0 Å². The summed E-state index contributed by atoms with van der Waals surface area (Å²) in [7, 11) is 0. The van der Waals surface area contributed by atoms with Gasteiger partial charge in [0.25, 0.3) is 0 Å². The van der Waals surface area contributed by atoms with E-state index in [1.54, 1.807) is 0 Å². The summed E-state index contributed by atoms with van der Waals surface area (Å²) in [4.78, 5) is 2.31. The summed E-state index contributed by atoms with van der Waals surface area (Å²) < 4.78 is 11.7. The largest absolute Gasteiger partial charge is 0.348 e. The highest BCUT2D eigenvalue weighted by atomic mass is 16.7. The van der Waals surface area contributed by atoms with Crippen LogP contribution in [0.3, 0.4) is 0 Å². The van der Waals surface area contributed by atoms with Crippen LogP contribution in [-0.2, 0) is 16.0 Å². The van der Waals surface area contributed by atoms with E-state index in [1.165, 1.54) is 5.56 Å². The highest BCUT2D eigenvalue weighted by Crippen LogP contribution is 2.27. The van der Waals surface area contributed by atoms with Crippen molar-refractivity contribution in [1.29, 1.82) is 0 Å². The van der Waals surface area contributed by atoms with Crippen LogP contribution in [0.1, 0.15) is 19.4 Å². The van der Waals surface area contributed by atoms with E-state index in [1.807, 2.05) is 32.1 Å². The van der Waals surface area contributed by atoms with Gasteiger partial charge in [0.15, 0.2) is 5.79 Å². The Morgan fingerprint density at radius 1 is 1.33 bits per heavy atom. The standard InChI is InChI=1S/C18H25NO2/c1-5-12-19(13-15-10-8-7-9-11-15)16(6-2)17-14-20-18(3,4)21-17/h5-11,16-17H,1-2,12-14H2,3-4H3/t16-,17+/m0/s1. The second-order valence-electron chi connectivity index (χ2n) is 5.80. The second kappa shape index (κ2) is 7.03. The molecule has 0 aromatic heterocycles. The minimum Gasteiger partial charge on any atom is -0.348 e. The van der Waals surface area contributed by atoms with E-state index in [0.29, 0.717) is 6.61 Å². The average molecular weight is 287 g/mol. The molecule has 2 rings (SSSR count). The molecule has 114 valence electrons. The molecule has 1 saturated heterocycles. The van der Waals surface area contributed by atoms with Gasteiger partial charge in [0.2, 0.25) is 0 Å². The van der Waals surface area contributed by atoms with Gasteiger partial charge in [-0.1, -0.05) is 42.5 Å². The van der Waals surface area contributed by atoms with Gasteiger partial charge in [0.1, 0.15) is 6.10 Å². The number of hydrogen-bond donors (Lipinski definition) is 0. The Labute approximate surface area is 127 Å². The maximum absolute atomic E-state index is 6.00. The molecule has 0 radical (unpaired) electrons. The zero-order valence-corrected chi connectivity index (χ0v) is 13.0. The maximum atomic E-state index is 6.00. The van der Waals surface area contributed by atoms with E-state index in [-0.39, 0.29) is 12.1 Å². The molecule has 1 fully saturated rings. The minimum absolute atomic E-state index is 0.00108. The van der Waals surface area contributed by atoms with Gasteiger partial charge >= 0.3 is 0 Å². The molecule has 3 heteroatoms. The van der Waals surface area contributed by atoms with Gasteiger partial charge in [0.05, 0.1) is 12.6 Å². The van der Waals surface area contributed by atoms with Crippen LogP contribution in [0.2, 0.25) is 0 Å². The minimum atomic E-state index is -0.515. The van der Waals surface area contributed by atoms with E-state index >= 15 is 0 Å². The topological polar surface area (TPSA) is 21.7 Å². The van der Waals surface area contributed by atoms with Gasteiger partial charge in [-0.05, 0) is 19.4 Å². The van der Waals surface area contributed by atoms with Crippen molar-refractivity contribution in [2.24, 2.45) is 0 Å². The maximum Gasteiger partial charge on any atom is 0.163 e. The van der Waals surface area contributed by atoms with E-state index < -0.39 is 5.79 Å². The zero-order chi connectivity index (χ0) is 15.3. The molecule has 3 nitrogen and oxygen atoms in total. The highest BCUT2D eigenvalue weighted by molar-refractivity contribution is 5.15. The van der Waals surface area contributed by atoms with Crippen molar-refractivity contribution in [1.82, 2.24) is 4.90 Å². The third-order valence-electron chi connectivity index (χ3n) is 3.67. The first-order valence-corrected chi connectivity index (χ1v) is 7.39. The molecule has 0 saturated carbocycles. The lowest BCUT2D eigenvalue weighted by molar-refractivity contribution is -0.144. The normalized spacial score (nSPS) is 22.1. The Bertz CT molecular complexity index is 469. The lowest BCUT2D eigenvalue weighted by Crippen LogP contribution is -2.43. The first kappa shape index (κ1) is 16.0. The average Bonchev–Trinajstić information content (AvgIpc) is 2.81. The van der Waals surface area contributed by atoms with Crippen LogP contribution < -0.4 is 0 Å². The zero-order valence-electron chi connectivity index (χ0n) is 13.0. The monoisotopic (exact) mass is 287 g/mol. The lowest BCUT2D eigenvalue weighted by Gasteiger charge is -2.32. The summed E-state index contributed by atoms with van der Waals surface area (Å²) in [6, 6.07) is 10.5. The Hall–Kier alpha value is -1.42. The first-order valence-electron chi connectivity index (χ1n) is 7.39. The van der Waals surface area contributed by atoms with Crippen molar-refractivity contribution in [3.05, 3.63) is 61.2 Å². The Kier molecular flexibility index (Phi) is 5.34. The van der Waals surface area contributed by atoms with E-state index in [0.717, 1.165) is 13.1 Å². The van der Waals surface area contributed by atoms with Gasteiger partial charge in [0, 0.05) is 13.1 Å². The van der Waals surface area contributed by atoms with Crippen molar-refractivity contribution < 1.29 is 9.47 Å². The first-order chi connectivity index (χ1) is 10.1. The molecule has 1 aromatic carbocycles. The summed E-state index contributed by atoms with van der Waals surface area (Å²) in [6.45, 7) is 14.0. The molecule has 0 spiro atoms. The lowest BCUT2D eigenvalue weighted by atomic mass is 10.1. The van der Waals surface area contributed by atoms with Crippen LogP contribution in [0.15, 0.2) is 55.6 Å². The van der Waals surface area contributed by atoms with Crippen LogP contribution in [0.5, 0.6) is 0 Å². The molecule has 0 unspecified atom stereocenters. The van der Waals surface area contributed by atoms with Crippen molar-refractivity contribution >= 4 is 0 Å². The molecule has 1 heterocycles. The molecule has 0 aliphatic carbocycles. The van der Waals surface area contributed by atoms with Crippen LogP contribution in [0, 0.1) is 0 Å². The Morgan fingerprint density at radius 3 is 2.57 bits per heavy atom. The molecule has 1 aliphatic heterocycles. The summed E-state index contributed by atoms with van der Waals surface area (Å²) in [5.41, 5.74) is 1.27. The van der Waals surface area contributed by atoms with Crippen molar-refractivity contribution in [2.75, 3.05) is 13.2 Å². The molecule has 0 N–H and O–H groups in total. The smallest absolute Gasteiger partial charge is 0.163 e. The van der Waals surface area contributed by atoms with E-state index in [4.69, 9.17) is 9.47 Å². The number of benzene rings is 1. The highest BCUT2D eigenvalue weighted by Gasteiger charge is 2.38. The quantitative estimate of drug-likeness (QED) is 0.718. The second-order valence-corrected chi connectivity index (χ2v) is 5.80. The molecular formula is C18H25NO2. The molecule has 1 aromatic rings. The van der Waals surface area contributed by atoms with Crippen LogP contribution in [0.4, 0.5) is 0 Å². The molecule has 21 heavy (non-hydrogen) atoms. The number of rotatable bonds is 7. The third-order valence-corrected chi connectivity index (χ3v) is 3.67. The van der Waals surface area contributed by atoms with Gasteiger partial charge in [-0.3, -0.25) is 4.90 Å².